The average Bonchev–Trinajstić information content (AvgIpc) is 2.43. The molecule has 0 aliphatic heterocycles. The van der Waals surface area contributed by atoms with Crippen molar-refractivity contribution in [2.24, 2.45) is 0 Å². The van der Waals surface area contributed by atoms with Crippen LogP contribution >= 0.6 is 0 Å². The van der Waals surface area contributed by atoms with E-state index in [-0.39, 0.29) is 19.1 Å². The highest BCUT2D eigenvalue weighted by molar-refractivity contribution is 5.82. The number of hydrogen-bond donors (Lipinski definition) is 1. The summed E-state index contributed by atoms with van der Waals surface area (Å²) in [6.45, 7) is 3.84. The van der Waals surface area contributed by atoms with Crippen LogP contribution in [0.5, 0.6) is 11.5 Å². The summed E-state index contributed by atoms with van der Waals surface area (Å²) in [6.07, 6.45) is 0. The van der Waals surface area contributed by atoms with Crippen LogP contribution in [0.1, 0.15) is 13.8 Å². The third-order valence-corrected chi connectivity index (χ3v) is 2.56. The van der Waals surface area contributed by atoms with Crippen LogP contribution in [-0.2, 0) is 9.59 Å². The van der Waals surface area contributed by atoms with Gasteiger partial charge in [-0.25, -0.2) is 0 Å². The molecule has 0 saturated heterocycles. The van der Waals surface area contributed by atoms with Gasteiger partial charge in [0, 0.05) is 6.54 Å². The highest BCUT2D eigenvalue weighted by atomic mass is 16.5. The second kappa shape index (κ2) is 8.04. The molecule has 0 saturated carbocycles. The standard InChI is InChI=1S/C14H19NO5/c1-3-15(9-14(17)18)13(16)10-20-12-8-6-5-7-11(12)19-4-2/h5-8H,3-4,9-10H2,1-2H3,(H,17,18). The molecule has 0 atom stereocenters. The molecular weight excluding hydrogens is 262 g/mol. The van der Waals surface area contributed by atoms with Gasteiger partial charge in [-0.2, -0.15) is 0 Å². The molecule has 1 aromatic carbocycles. The zero-order valence-corrected chi connectivity index (χ0v) is 11.7. The molecule has 0 spiro atoms. The Hall–Kier alpha value is -2.24. The summed E-state index contributed by atoms with van der Waals surface area (Å²) in [5.74, 6) is -0.394. The number of benzene rings is 1. The van der Waals surface area contributed by atoms with Crippen molar-refractivity contribution in [2.45, 2.75) is 13.8 Å². The van der Waals surface area contributed by atoms with Gasteiger partial charge >= 0.3 is 5.97 Å². The molecule has 0 aliphatic carbocycles. The van der Waals surface area contributed by atoms with Gasteiger partial charge in [0.1, 0.15) is 6.54 Å². The minimum absolute atomic E-state index is 0.217. The maximum Gasteiger partial charge on any atom is 0.323 e. The fourth-order valence-corrected chi connectivity index (χ4v) is 1.61. The number of hydrogen-bond acceptors (Lipinski definition) is 4. The van der Waals surface area contributed by atoms with Gasteiger partial charge in [-0.3, -0.25) is 9.59 Å². The van der Waals surface area contributed by atoms with Gasteiger partial charge in [0.2, 0.25) is 0 Å². The summed E-state index contributed by atoms with van der Waals surface area (Å²) in [6, 6.07) is 7.03. The number of para-hydroxylation sites is 2. The topological polar surface area (TPSA) is 76.1 Å². The quantitative estimate of drug-likeness (QED) is 0.779. The lowest BCUT2D eigenvalue weighted by Gasteiger charge is -2.19. The van der Waals surface area contributed by atoms with E-state index in [1.54, 1.807) is 25.1 Å². The number of aliphatic carboxylic acids is 1. The van der Waals surface area contributed by atoms with E-state index in [1.807, 2.05) is 13.0 Å². The van der Waals surface area contributed by atoms with E-state index < -0.39 is 5.97 Å². The monoisotopic (exact) mass is 281 g/mol. The zero-order chi connectivity index (χ0) is 15.0. The third kappa shape index (κ3) is 4.79. The molecule has 1 amide bonds. The Balaban J connectivity index is 2.62. The van der Waals surface area contributed by atoms with Gasteiger partial charge in [0.15, 0.2) is 18.1 Å². The Morgan fingerprint density at radius 2 is 1.75 bits per heavy atom. The molecule has 110 valence electrons. The second-order valence-electron chi connectivity index (χ2n) is 3.97. The minimum atomic E-state index is -1.05. The molecule has 1 N–H and O–H groups in total. The minimum Gasteiger partial charge on any atom is -0.490 e. The van der Waals surface area contributed by atoms with E-state index in [0.29, 0.717) is 24.7 Å². The first kappa shape index (κ1) is 15.8. The van der Waals surface area contributed by atoms with Crippen LogP contribution in [0.25, 0.3) is 0 Å². The largest absolute Gasteiger partial charge is 0.490 e. The summed E-state index contributed by atoms with van der Waals surface area (Å²) in [4.78, 5) is 23.7. The van der Waals surface area contributed by atoms with Gasteiger partial charge in [-0.05, 0) is 26.0 Å². The number of likely N-dealkylation sites (N-methyl/N-ethyl adjacent to an activating group) is 1. The van der Waals surface area contributed by atoms with Gasteiger partial charge in [-0.15, -0.1) is 0 Å². The second-order valence-corrected chi connectivity index (χ2v) is 3.97. The van der Waals surface area contributed by atoms with Gasteiger partial charge in [0.25, 0.3) is 5.91 Å². The predicted molar refractivity (Wildman–Crippen MR) is 73.0 cm³/mol. The van der Waals surface area contributed by atoms with E-state index in [1.165, 1.54) is 4.90 Å². The first-order chi connectivity index (χ1) is 9.58. The molecular formula is C14H19NO5. The molecule has 0 aliphatic rings. The van der Waals surface area contributed by atoms with Crippen molar-refractivity contribution >= 4 is 11.9 Å². The van der Waals surface area contributed by atoms with Crippen LogP contribution in [0.4, 0.5) is 0 Å². The van der Waals surface area contributed by atoms with E-state index in [2.05, 4.69) is 0 Å². The molecule has 0 unspecified atom stereocenters. The van der Waals surface area contributed by atoms with Crippen molar-refractivity contribution in [3.8, 4) is 11.5 Å². The third-order valence-electron chi connectivity index (χ3n) is 2.56. The van der Waals surface area contributed by atoms with Crippen molar-refractivity contribution in [3.05, 3.63) is 24.3 Å². The van der Waals surface area contributed by atoms with Crippen molar-refractivity contribution in [1.29, 1.82) is 0 Å². The highest BCUT2D eigenvalue weighted by Crippen LogP contribution is 2.26. The number of ether oxygens (including phenoxy) is 2. The van der Waals surface area contributed by atoms with Crippen LogP contribution in [0.3, 0.4) is 0 Å². The lowest BCUT2D eigenvalue weighted by atomic mass is 10.3. The molecule has 0 fully saturated rings. The number of carbonyl (C=O) groups is 2. The smallest absolute Gasteiger partial charge is 0.323 e. The first-order valence-electron chi connectivity index (χ1n) is 6.42. The van der Waals surface area contributed by atoms with E-state index in [0.717, 1.165) is 0 Å². The van der Waals surface area contributed by atoms with Crippen LogP contribution in [0, 0.1) is 0 Å². The van der Waals surface area contributed by atoms with Crippen LogP contribution in [0.15, 0.2) is 24.3 Å². The maximum absolute atomic E-state index is 11.8. The van der Waals surface area contributed by atoms with Crippen molar-refractivity contribution in [1.82, 2.24) is 4.90 Å². The van der Waals surface area contributed by atoms with Crippen molar-refractivity contribution in [2.75, 3.05) is 26.3 Å². The first-order valence-corrected chi connectivity index (χ1v) is 6.42. The number of carboxylic acid groups (broad SMARTS) is 1. The molecule has 1 rings (SSSR count). The Bertz CT molecular complexity index is 461. The molecule has 0 heterocycles. The van der Waals surface area contributed by atoms with Gasteiger partial charge < -0.3 is 19.5 Å². The van der Waals surface area contributed by atoms with Gasteiger partial charge in [0.05, 0.1) is 6.61 Å². The van der Waals surface area contributed by atoms with Crippen LogP contribution < -0.4 is 9.47 Å². The molecule has 0 radical (unpaired) electrons. The zero-order valence-electron chi connectivity index (χ0n) is 11.7. The molecule has 6 nitrogen and oxygen atoms in total. The Morgan fingerprint density at radius 3 is 2.25 bits per heavy atom. The molecule has 0 aromatic heterocycles. The highest BCUT2D eigenvalue weighted by Gasteiger charge is 2.16. The predicted octanol–water partition coefficient (Wildman–Crippen LogP) is 1.40. The lowest BCUT2D eigenvalue weighted by Crippen LogP contribution is -2.38. The maximum atomic E-state index is 11.8. The van der Waals surface area contributed by atoms with E-state index in [9.17, 15) is 9.59 Å². The number of carbonyl (C=O) groups excluding carboxylic acids is 1. The molecule has 6 heteroatoms. The number of amides is 1. The molecule has 1 aromatic rings. The average molecular weight is 281 g/mol. The normalized spacial score (nSPS) is 9.90. The lowest BCUT2D eigenvalue weighted by molar-refractivity contribution is -0.145. The fraction of sp³-hybridized carbons (Fsp3) is 0.429. The summed E-state index contributed by atoms with van der Waals surface area (Å²) < 4.78 is 10.8. The van der Waals surface area contributed by atoms with E-state index >= 15 is 0 Å². The fourth-order valence-electron chi connectivity index (χ4n) is 1.61. The van der Waals surface area contributed by atoms with E-state index in [4.69, 9.17) is 14.6 Å². The van der Waals surface area contributed by atoms with Crippen LogP contribution in [0.2, 0.25) is 0 Å². The summed E-state index contributed by atoms with van der Waals surface area (Å²) in [7, 11) is 0. The Kier molecular flexibility index (Phi) is 6.36. The molecule has 0 bridgehead atoms. The molecule has 20 heavy (non-hydrogen) atoms. The van der Waals surface area contributed by atoms with Crippen molar-refractivity contribution < 1.29 is 24.2 Å². The summed E-state index contributed by atoms with van der Waals surface area (Å²) >= 11 is 0. The number of rotatable bonds is 8. The summed E-state index contributed by atoms with van der Waals surface area (Å²) in [5, 5.41) is 8.71. The Morgan fingerprint density at radius 1 is 1.15 bits per heavy atom. The number of carboxylic acids is 1. The van der Waals surface area contributed by atoms with Crippen molar-refractivity contribution in [3.63, 3.8) is 0 Å². The Labute approximate surface area is 117 Å². The van der Waals surface area contributed by atoms with Gasteiger partial charge in [-0.1, -0.05) is 12.1 Å². The summed E-state index contributed by atoms with van der Waals surface area (Å²) in [5.41, 5.74) is 0. The van der Waals surface area contributed by atoms with Crippen LogP contribution in [-0.4, -0.2) is 48.2 Å². The SMILES string of the molecule is CCOc1ccccc1OCC(=O)N(CC)CC(=O)O. The number of nitrogens with zero attached hydrogens (tertiary/aromatic N) is 1.